The number of carbonyl (C=O) groups is 2. The van der Waals surface area contributed by atoms with Crippen molar-refractivity contribution in [2.45, 2.75) is 102 Å². The minimum atomic E-state index is -0.744. The van der Waals surface area contributed by atoms with E-state index in [2.05, 4.69) is 4.99 Å². The highest BCUT2D eigenvalue weighted by atomic mass is 16.5. The molecule has 1 aromatic rings. The molecule has 35 heavy (non-hydrogen) atoms. The van der Waals surface area contributed by atoms with E-state index in [9.17, 15) is 9.59 Å². The predicted octanol–water partition coefficient (Wildman–Crippen LogP) is 4.27. The lowest BCUT2D eigenvalue weighted by atomic mass is 9.94. The van der Waals surface area contributed by atoms with Gasteiger partial charge in [0.2, 0.25) is 5.91 Å². The van der Waals surface area contributed by atoms with E-state index in [4.69, 9.17) is 15.2 Å². The maximum absolute atomic E-state index is 12.5. The molecule has 2 N–H and O–H groups in total. The number of benzene rings is 1. The lowest BCUT2D eigenvalue weighted by Gasteiger charge is -2.35. The van der Waals surface area contributed by atoms with Gasteiger partial charge in [0.05, 0.1) is 24.9 Å². The third-order valence-electron chi connectivity index (χ3n) is 7.55. The molecule has 3 aliphatic rings. The Bertz CT molecular complexity index is 893. The van der Waals surface area contributed by atoms with Gasteiger partial charge in [0.1, 0.15) is 5.75 Å². The lowest BCUT2D eigenvalue weighted by Crippen LogP contribution is -2.49. The van der Waals surface area contributed by atoms with Crippen LogP contribution in [-0.4, -0.2) is 60.0 Å². The van der Waals surface area contributed by atoms with Crippen LogP contribution in [0.5, 0.6) is 5.75 Å². The van der Waals surface area contributed by atoms with Crippen LogP contribution in [0.1, 0.15) is 82.6 Å². The van der Waals surface area contributed by atoms with Crippen LogP contribution in [0.3, 0.4) is 0 Å². The molecule has 2 saturated carbocycles. The molecule has 1 atom stereocenters. The Morgan fingerprint density at radius 1 is 1.17 bits per heavy atom. The number of aliphatic imine (C=N–C) groups is 1. The number of nitrogens with zero attached hydrogens (tertiary/aromatic N) is 3. The van der Waals surface area contributed by atoms with E-state index in [-0.39, 0.29) is 12.0 Å². The third kappa shape index (κ3) is 6.75. The Balaban J connectivity index is 1.28. The Morgan fingerprint density at radius 2 is 1.89 bits per heavy atom. The fourth-order valence-electron chi connectivity index (χ4n) is 5.40. The zero-order chi connectivity index (χ0) is 24.6. The van der Waals surface area contributed by atoms with Crippen molar-refractivity contribution in [3.05, 3.63) is 23.8 Å². The molecule has 0 radical (unpaired) electrons. The number of nitrogens with two attached hydrogens (primary N) is 1. The van der Waals surface area contributed by atoms with Crippen LogP contribution < -0.4 is 10.5 Å². The summed E-state index contributed by atoms with van der Waals surface area (Å²) in [4.78, 5) is 32.5. The number of ether oxygens (including phenoxy) is 2. The highest BCUT2D eigenvalue weighted by Gasteiger charge is 2.29. The Kier molecular flexibility index (Phi) is 9.01. The highest BCUT2D eigenvalue weighted by molar-refractivity contribution is 5.85. The van der Waals surface area contributed by atoms with Crippen molar-refractivity contribution in [1.29, 1.82) is 0 Å². The number of guanidine groups is 1. The standard InChI is InChI=1S/C27H40N4O4/c1-30(21-9-4-2-5-10-21)25(33)13-8-16-34-23-14-15-24-20(17-23)18-31(27(28)29-24)26(19-32)35-22-11-6-3-7-12-22/h14-15,17,19,21-22,26H,2-13,16,18H2,1H3,(H2,28,29). The second-order valence-electron chi connectivity index (χ2n) is 10.1. The minimum absolute atomic E-state index is 0.0858. The van der Waals surface area contributed by atoms with Gasteiger partial charge in [-0.2, -0.15) is 0 Å². The number of carbonyl (C=O) groups excluding carboxylic acids is 2. The Hall–Kier alpha value is -2.61. The van der Waals surface area contributed by atoms with Crippen LogP contribution in [0.25, 0.3) is 0 Å². The molecule has 8 nitrogen and oxygen atoms in total. The molecule has 192 valence electrons. The largest absolute Gasteiger partial charge is 0.494 e. The average Bonchev–Trinajstić information content (AvgIpc) is 2.90. The van der Waals surface area contributed by atoms with Crippen LogP contribution in [-0.2, 0) is 20.9 Å². The van der Waals surface area contributed by atoms with E-state index >= 15 is 0 Å². The first-order valence-corrected chi connectivity index (χ1v) is 13.3. The van der Waals surface area contributed by atoms with Crippen molar-refractivity contribution in [3.63, 3.8) is 0 Å². The van der Waals surface area contributed by atoms with Crippen molar-refractivity contribution >= 4 is 23.8 Å². The Labute approximate surface area is 208 Å². The van der Waals surface area contributed by atoms with E-state index in [1.807, 2.05) is 30.1 Å². The third-order valence-corrected chi connectivity index (χ3v) is 7.55. The van der Waals surface area contributed by atoms with Crippen LogP contribution in [0.15, 0.2) is 23.2 Å². The number of amides is 1. The molecule has 4 rings (SSSR count). The number of rotatable bonds is 10. The molecule has 1 heterocycles. The van der Waals surface area contributed by atoms with Crippen molar-refractivity contribution in [1.82, 2.24) is 9.80 Å². The van der Waals surface area contributed by atoms with Crippen molar-refractivity contribution in [3.8, 4) is 5.75 Å². The summed E-state index contributed by atoms with van der Waals surface area (Å²) in [6.45, 7) is 0.905. The normalized spacial score (nSPS) is 20.0. The van der Waals surface area contributed by atoms with Gasteiger partial charge in [-0.1, -0.05) is 38.5 Å². The van der Waals surface area contributed by atoms with Gasteiger partial charge in [0, 0.05) is 25.1 Å². The summed E-state index contributed by atoms with van der Waals surface area (Å²) in [5, 5.41) is 0. The van der Waals surface area contributed by atoms with Gasteiger partial charge in [-0.15, -0.1) is 0 Å². The molecule has 8 heteroatoms. The van der Waals surface area contributed by atoms with Gasteiger partial charge in [0.15, 0.2) is 18.5 Å². The summed E-state index contributed by atoms with van der Waals surface area (Å²) in [6, 6.07) is 6.09. The van der Waals surface area contributed by atoms with Crippen LogP contribution in [0.4, 0.5) is 5.69 Å². The van der Waals surface area contributed by atoms with E-state index in [0.29, 0.717) is 38.0 Å². The topological polar surface area (TPSA) is 97.5 Å². The number of hydrogen-bond acceptors (Lipinski definition) is 7. The molecular weight excluding hydrogens is 444 g/mol. The molecule has 2 fully saturated rings. The molecule has 1 unspecified atom stereocenters. The summed E-state index contributed by atoms with van der Waals surface area (Å²) in [5.41, 5.74) is 7.90. The highest BCUT2D eigenvalue weighted by Crippen LogP contribution is 2.31. The van der Waals surface area contributed by atoms with E-state index in [1.54, 1.807) is 4.90 Å². The number of fused-ring (bicyclic) bond motifs is 1. The molecule has 0 aromatic heterocycles. The van der Waals surface area contributed by atoms with Gasteiger partial charge in [0.25, 0.3) is 0 Å². The molecule has 0 bridgehead atoms. The number of aldehydes is 1. The van der Waals surface area contributed by atoms with Crippen LogP contribution >= 0.6 is 0 Å². The molecule has 0 spiro atoms. The van der Waals surface area contributed by atoms with Gasteiger partial charge < -0.3 is 25.0 Å². The molecule has 1 aliphatic heterocycles. The zero-order valence-corrected chi connectivity index (χ0v) is 21.0. The molecular formula is C27H40N4O4. The summed E-state index contributed by atoms with van der Waals surface area (Å²) in [5.74, 6) is 1.22. The maximum Gasteiger partial charge on any atom is 0.222 e. The summed E-state index contributed by atoms with van der Waals surface area (Å²) < 4.78 is 12.0. The van der Waals surface area contributed by atoms with Crippen molar-refractivity contribution in [2.24, 2.45) is 10.7 Å². The van der Waals surface area contributed by atoms with Crippen LogP contribution in [0.2, 0.25) is 0 Å². The smallest absolute Gasteiger partial charge is 0.222 e. The van der Waals surface area contributed by atoms with E-state index in [1.165, 1.54) is 25.7 Å². The summed E-state index contributed by atoms with van der Waals surface area (Å²) in [7, 11) is 1.94. The average molecular weight is 485 g/mol. The first-order chi connectivity index (χ1) is 17.0. The van der Waals surface area contributed by atoms with Gasteiger partial charge in [-0.25, -0.2) is 4.99 Å². The van der Waals surface area contributed by atoms with Crippen LogP contribution in [0, 0.1) is 0 Å². The Morgan fingerprint density at radius 3 is 2.60 bits per heavy atom. The monoisotopic (exact) mass is 484 g/mol. The van der Waals surface area contributed by atoms with Crippen molar-refractivity contribution < 1.29 is 19.1 Å². The molecule has 1 aromatic carbocycles. The van der Waals surface area contributed by atoms with Gasteiger partial charge >= 0.3 is 0 Å². The summed E-state index contributed by atoms with van der Waals surface area (Å²) >= 11 is 0. The lowest BCUT2D eigenvalue weighted by molar-refractivity contribution is -0.136. The molecule has 2 aliphatic carbocycles. The first-order valence-electron chi connectivity index (χ1n) is 13.3. The number of hydrogen-bond donors (Lipinski definition) is 1. The quantitative estimate of drug-likeness (QED) is 0.393. The fourth-order valence-corrected chi connectivity index (χ4v) is 5.40. The van der Waals surface area contributed by atoms with E-state index < -0.39 is 6.23 Å². The minimum Gasteiger partial charge on any atom is -0.494 e. The second-order valence-corrected chi connectivity index (χ2v) is 10.1. The van der Waals surface area contributed by atoms with Gasteiger partial charge in [-0.3, -0.25) is 9.59 Å². The molecule has 1 amide bonds. The maximum atomic E-state index is 12.5. The SMILES string of the molecule is CN(C(=O)CCCOc1ccc2c(c1)CN(C(C=O)OC1CCCCC1)C(N)=N2)C1CCCCC1. The molecule has 0 saturated heterocycles. The first kappa shape index (κ1) is 25.5. The second kappa shape index (κ2) is 12.4. The summed E-state index contributed by atoms with van der Waals surface area (Å²) in [6.07, 6.45) is 12.7. The fraction of sp³-hybridized carbons (Fsp3) is 0.667. The van der Waals surface area contributed by atoms with Crippen molar-refractivity contribution in [2.75, 3.05) is 13.7 Å². The van der Waals surface area contributed by atoms with Gasteiger partial charge in [-0.05, 0) is 50.3 Å². The van der Waals surface area contributed by atoms with E-state index in [0.717, 1.165) is 61.8 Å². The zero-order valence-electron chi connectivity index (χ0n) is 21.0. The predicted molar refractivity (Wildman–Crippen MR) is 135 cm³/mol.